The number of esters is 2. The third-order valence-electron chi connectivity index (χ3n) is 5.32. The van der Waals surface area contributed by atoms with E-state index in [-0.39, 0.29) is 24.5 Å². The number of rotatable bonds is 13. The lowest BCUT2D eigenvalue weighted by Gasteiger charge is -2.27. The van der Waals surface area contributed by atoms with E-state index in [9.17, 15) is 28.8 Å². The van der Waals surface area contributed by atoms with Gasteiger partial charge in [-0.3, -0.25) is 14.4 Å². The molecule has 3 N–H and O–H groups in total. The predicted octanol–water partition coefficient (Wildman–Crippen LogP) is 2.18. The van der Waals surface area contributed by atoms with Gasteiger partial charge >= 0.3 is 18.0 Å². The molecule has 0 aliphatic heterocycles. The number of nitrogens with zero attached hydrogens (tertiary/aromatic N) is 1. The maximum absolute atomic E-state index is 12.8. The number of hydrogen-bond acceptors (Lipinski definition) is 9. The number of carbonyl (C=O) groups is 6. The summed E-state index contributed by atoms with van der Waals surface area (Å²) in [5, 5.41) is 7.45. The first kappa shape index (κ1) is 37.4. The van der Waals surface area contributed by atoms with E-state index in [0.717, 1.165) is 12.0 Å². The van der Waals surface area contributed by atoms with E-state index in [1.165, 1.54) is 14.0 Å². The zero-order valence-electron chi connectivity index (χ0n) is 26.3. The fourth-order valence-corrected chi connectivity index (χ4v) is 3.28. The van der Waals surface area contributed by atoms with Crippen LogP contribution >= 0.6 is 0 Å². The summed E-state index contributed by atoms with van der Waals surface area (Å²) in [5.41, 5.74) is -1.80. The van der Waals surface area contributed by atoms with Crippen molar-refractivity contribution >= 4 is 35.8 Å². The van der Waals surface area contributed by atoms with Gasteiger partial charge in [0.05, 0.1) is 7.11 Å². The summed E-state index contributed by atoms with van der Waals surface area (Å²) in [6, 6.07) is -3.14. The van der Waals surface area contributed by atoms with Crippen molar-refractivity contribution in [2.24, 2.45) is 5.92 Å². The molecular weight excluding hydrogens is 536 g/mol. The highest BCUT2D eigenvalue weighted by Gasteiger charge is 2.31. The van der Waals surface area contributed by atoms with Crippen LogP contribution in [-0.4, -0.2) is 84.1 Å². The summed E-state index contributed by atoms with van der Waals surface area (Å²) in [6.07, 6.45) is -0.904. The van der Waals surface area contributed by atoms with E-state index in [1.54, 1.807) is 41.5 Å². The monoisotopic (exact) mass is 584 g/mol. The van der Waals surface area contributed by atoms with Crippen LogP contribution in [-0.2, 0) is 38.2 Å². The number of methoxy groups -OCH3 is 1. The fourth-order valence-electron chi connectivity index (χ4n) is 3.28. The number of nitrogens with one attached hydrogen (secondary N) is 3. The summed E-state index contributed by atoms with van der Waals surface area (Å²) < 4.78 is 15.2. The van der Waals surface area contributed by atoms with Crippen LogP contribution in [0.4, 0.5) is 4.79 Å². The normalized spacial score (nSPS) is 13.7. The molecule has 0 saturated heterocycles. The van der Waals surface area contributed by atoms with Crippen LogP contribution < -0.4 is 16.0 Å². The Hall–Kier alpha value is -3.64. The van der Waals surface area contributed by atoms with E-state index in [4.69, 9.17) is 14.2 Å². The molecule has 3 atom stereocenters. The molecular formula is C28H48N4O9. The maximum atomic E-state index is 12.8. The van der Waals surface area contributed by atoms with E-state index in [0.29, 0.717) is 6.42 Å². The average molecular weight is 585 g/mol. The smallest absolute Gasteiger partial charge is 0.408 e. The number of alkyl carbamates (subject to hydrolysis) is 1. The molecule has 0 aromatic carbocycles. The van der Waals surface area contributed by atoms with Crippen molar-refractivity contribution in [1.82, 2.24) is 20.9 Å². The Kier molecular flexibility index (Phi) is 14.5. The topological polar surface area (TPSA) is 169 Å². The quantitative estimate of drug-likeness (QED) is 0.167. The lowest BCUT2D eigenvalue weighted by Crippen LogP contribution is -2.52. The molecule has 0 aromatic heterocycles. The second-order valence-corrected chi connectivity index (χ2v) is 12.1. The summed E-state index contributed by atoms with van der Waals surface area (Å²) in [4.78, 5) is 76.0. The van der Waals surface area contributed by atoms with E-state index in [1.807, 2.05) is 13.8 Å². The number of carbonyl (C=O) groups excluding carboxylic acids is 6. The molecule has 0 spiro atoms. The second-order valence-electron chi connectivity index (χ2n) is 12.1. The van der Waals surface area contributed by atoms with Crippen molar-refractivity contribution in [3.63, 3.8) is 0 Å². The molecule has 0 aliphatic carbocycles. The van der Waals surface area contributed by atoms with Crippen molar-refractivity contribution < 1.29 is 43.0 Å². The highest BCUT2D eigenvalue weighted by Crippen LogP contribution is 2.14. The van der Waals surface area contributed by atoms with Crippen LogP contribution in [0.15, 0.2) is 12.3 Å². The van der Waals surface area contributed by atoms with Crippen LogP contribution in [0.2, 0.25) is 0 Å². The van der Waals surface area contributed by atoms with Gasteiger partial charge in [-0.2, -0.15) is 0 Å². The molecule has 0 radical (unpaired) electrons. The molecule has 0 aliphatic rings. The third kappa shape index (κ3) is 15.1. The molecule has 0 rings (SSSR count). The van der Waals surface area contributed by atoms with Gasteiger partial charge in [-0.05, 0) is 67.2 Å². The van der Waals surface area contributed by atoms with Crippen molar-refractivity contribution in [2.45, 2.75) is 111 Å². The largest absolute Gasteiger partial charge is 0.467 e. The van der Waals surface area contributed by atoms with Crippen molar-refractivity contribution in [3.05, 3.63) is 12.3 Å². The summed E-state index contributed by atoms with van der Waals surface area (Å²) in [7, 11) is 2.45. The second kappa shape index (κ2) is 16.0. The van der Waals surface area contributed by atoms with E-state index in [2.05, 4.69) is 22.5 Å². The van der Waals surface area contributed by atoms with E-state index >= 15 is 0 Å². The highest BCUT2D eigenvalue weighted by atomic mass is 16.6. The molecule has 0 saturated carbocycles. The minimum absolute atomic E-state index is 0.0790. The Labute approximate surface area is 243 Å². The van der Waals surface area contributed by atoms with Gasteiger partial charge in [0.2, 0.25) is 11.8 Å². The molecule has 0 heterocycles. The molecule has 13 heteroatoms. The Bertz CT molecular complexity index is 980. The summed E-state index contributed by atoms with van der Waals surface area (Å²) in [5.74, 6) is -3.27. The Morgan fingerprint density at radius 3 is 1.80 bits per heavy atom. The molecule has 0 fully saturated rings. The first-order chi connectivity index (χ1) is 18.6. The van der Waals surface area contributed by atoms with Gasteiger partial charge in [0.25, 0.3) is 5.91 Å². The molecule has 0 aromatic rings. The first-order valence-corrected chi connectivity index (χ1v) is 13.4. The summed E-state index contributed by atoms with van der Waals surface area (Å²) in [6.45, 7) is 19.0. The first-order valence-electron chi connectivity index (χ1n) is 13.4. The van der Waals surface area contributed by atoms with Crippen molar-refractivity contribution in [1.29, 1.82) is 0 Å². The lowest BCUT2D eigenvalue weighted by atomic mass is 10.0. The lowest BCUT2D eigenvalue weighted by molar-refractivity contribution is -0.159. The van der Waals surface area contributed by atoms with Gasteiger partial charge < -0.3 is 35.1 Å². The Morgan fingerprint density at radius 2 is 1.34 bits per heavy atom. The molecule has 234 valence electrons. The van der Waals surface area contributed by atoms with Gasteiger partial charge in [0.15, 0.2) is 0 Å². The van der Waals surface area contributed by atoms with Gasteiger partial charge in [0.1, 0.15) is 35.0 Å². The number of likely N-dealkylation sites (N-methyl/N-ethyl adjacent to an activating group) is 1. The standard InChI is InChI=1S/C28H48N4O9/c1-16(2)15-20(25(37)40-27(5,6)7)30-22(34)17(3)29-23(35)18(4)32(11)21(33)14-13-19(24(36)39-12)31-26(38)41-28(8,9)10/h16-17,19-20H,4,13-15H2,1-3,5-12H3,(H,29,35)(H,30,34)(H,31,38)/t17-,19-,20+/m1/s1. The van der Waals surface area contributed by atoms with Crippen LogP contribution in [0.25, 0.3) is 0 Å². The average Bonchev–Trinajstić information content (AvgIpc) is 2.81. The molecule has 0 bridgehead atoms. The van der Waals surface area contributed by atoms with Gasteiger partial charge in [-0.25, -0.2) is 14.4 Å². The van der Waals surface area contributed by atoms with Crippen LogP contribution in [0.1, 0.15) is 81.6 Å². The van der Waals surface area contributed by atoms with Crippen molar-refractivity contribution in [3.8, 4) is 0 Å². The molecule has 41 heavy (non-hydrogen) atoms. The minimum atomic E-state index is -1.17. The minimum Gasteiger partial charge on any atom is -0.467 e. The molecule has 0 unspecified atom stereocenters. The van der Waals surface area contributed by atoms with Gasteiger partial charge in [-0.1, -0.05) is 20.4 Å². The predicted molar refractivity (Wildman–Crippen MR) is 151 cm³/mol. The zero-order chi connectivity index (χ0) is 32.3. The Morgan fingerprint density at radius 1 is 0.805 bits per heavy atom. The van der Waals surface area contributed by atoms with Crippen LogP contribution in [0.3, 0.4) is 0 Å². The zero-order valence-corrected chi connectivity index (χ0v) is 26.3. The van der Waals surface area contributed by atoms with Gasteiger partial charge in [0, 0.05) is 13.5 Å². The number of hydrogen-bond donors (Lipinski definition) is 3. The number of ether oxygens (including phenoxy) is 3. The SMILES string of the molecule is C=C(C(=O)N[C@H](C)C(=O)N[C@@H](CC(C)C)C(=O)OC(C)(C)C)N(C)C(=O)CC[C@@H](NC(=O)OC(C)(C)C)C(=O)OC. The third-order valence-corrected chi connectivity index (χ3v) is 5.32. The Balaban J connectivity index is 5.19. The summed E-state index contributed by atoms with van der Waals surface area (Å²) >= 11 is 0. The molecule has 4 amide bonds. The van der Waals surface area contributed by atoms with Crippen molar-refractivity contribution in [2.75, 3.05) is 14.2 Å². The fraction of sp³-hybridized carbons (Fsp3) is 0.714. The van der Waals surface area contributed by atoms with Crippen LogP contribution in [0.5, 0.6) is 0 Å². The number of amides is 4. The maximum Gasteiger partial charge on any atom is 0.408 e. The van der Waals surface area contributed by atoms with Gasteiger partial charge in [-0.15, -0.1) is 0 Å². The van der Waals surface area contributed by atoms with Crippen LogP contribution in [0, 0.1) is 5.92 Å². The van der Waals surface area contributed by atoms with E-state index < -0.39 is 65.1 Å². The molecule has 13 nitrogen and oxygen atoms in total. The highest BCUT2D eigenvalue weighted by molar-refractivity contribution is 5.99.